The van der Waals surface area contributed by atoms with Crippen LogP contribution in [0.15, 0.2) is 60.7 Å². The van der Waals surface area contributed by atoms with E-state index >= 15 is 0 Å². The number of rotatable bonds is 7. The standard InChI is InChI=1S/C20H25NO2/c1-4-18(23-17-13-9-6-10-14-17)19(22)21-20(2,3)15-16-11-7-5-8-12-16/h5-14,18H,4,15H2,1-3H3,(H,21,22). The number of amides is 1. The highest BCUT2D eigenvalue weighted by molar-refractivity contribution is 5.81. The molecule has 1 amide bonds. The minimum Gasteiger partial charge on any atom is -0.481 e. The van der Waals surface area contributed by atoms with Crippen LogP contribution in [0.2, 0.25) is 0 Å². The van der Waals surface area contributed by atoms with Crippen molar-refractivity contribution < 1.29 is 9.53 Å². The van der Waals surface area contributed by atoms with E-state index < -0.39 is 6.10 Å². The highest BCUT2D eigenvalue weighted by Crippen LogP contribution is 2.16. The Morgan fingerprint density at radius 3 is 2.17 bits per heavy atom. The lowest BCUT2D eigenvalue weighted by atomic mass is 9.94. The fourth-order valence-electron chi connectivity index (χ4n) is 2.55. The molecule has 3 heteroatoms. The van der Waals surface area contributed by atoms with Crippen LogP contribution < -0.4 is 10.1 Å². The van der Waals surface area contributed by atoms with E-state index in [0.717, 1.165) is 12.2 Å². The molecule has 0 bridgehead atoms. The maximum atomic E-state index is 12.5. The predicted molar refractivity (Wildman–Crippen MR) is 93.5 cm³/mol. The van der Waals surface area contributed by atoms with Crippen LogP contribution in [0.5, 0.6) is 5.75 Å². The van der Waals surface area contributed by atoms with E-state index in [1.807, 2.05) is 69.3 Å². The number of carbonyl (C=O) groups is 1. The monoisotopic (exact) mass is 311 g/mol. The summed E-state index contributed by atoms with van der Waals surface area (Å²) in [6.45, 7) is 6.03. The first-order valence-corrected chi connectivity index (χ1v) is 8.08. The molecule has 122 valence electrons. The Bertz CT molecular complexity index is 608. The van der Waals surface area contributed by atoms with E-state index in [1.54, 1.807) is 0 Å². The van der Waals surface area contributed by atoms with Gasteiger partial charge in [-0.2, -0.15) is 0 Å². The molecule has 0 aliphatic carbocycles. The van der Waals surface area contributed by atoms with Crippen molar-refractivity contribution in [3.8, 4) is 5.75 Å². The fraction of sp³-hybridized carbons (Fsp3) is 0.350. The van der Waals surface area contributed by atoms with Crippen molar-refractivity contribution in [2.24, 2.45) is 0 Å². The van der Waals surface area contributed by atoms with Crippen LogP contribution >= 0.6 is 0 Å². The molecule has 0 heterocycles. The summed E-state index contributed by atoms with van der Waals surface area (Å²) < 4.78 is 5.81. The Hall–Kier alpha value is -2.29. The minimum absolute atomic E-state index is 0.0720. The van der Waals surface area contributed by atoms with Crippen molar-refractivity contribution in [2.45, 2.75) is 45.3 Å². The Balaban J connectivity index is 1.97. The van der Waals surface area contributed by atoms with E-state index in [1.165, 1.54) is 5.56 Å². The van der Waals surface area contributed by atoms with Gasteiger partial charge >= 0.3 is 0 Å². The maximum Gasteiger partial charge on any atom is 0.261 e. The second kappa shape index (κ2) is 7.82. The lowest BCUT2D eigenvalue weighted by Crippen LogP contribution is -2.50. The number of nitrogens with one attached hydrogen (secondary N) is 1. The van der Waals surface area contributed by atoms with Gasteiger partial charge < -0.3 is 10.1 Å². The number of para-hydroxylation sites is 1. The second-order valence-corrected chi connectivity index (χ2v) is 6.36. The van der Waals surface area contributed by atoms with E-state index in [0.29, 0.717) is 6.42 Å². The molecule has 3 nitrogen and oxygen atoms in total. The smallest absolute Gasteiger partial charge is 0.261 e. The SMILES string of the molecule is CCC(Oc1ccccc1)C(=O)NC(C)(C)Cc1ccccc1. The number of hydrogen-bond donors (Lipinski definition) is 1. The molecule has 1 unspecified atom stereocenters. The molecule has 23 heavy (non-hydrogen) atoms. The molecular weight excluding hydrogens is 286 g/mol. The summed E-state index contributed by atoms with van der Waals surface area (Å²) in [6, 6.07) is 19.6. The van der Waals surface area contributed by atoms with Gasteiger partial charge in [0.1, 0.15) is 5.75 Å². The molecule has 0 spiro atoms. The third-order valence-corrected chi connectivity index (χ3v) is 3.64. The van der Waals surface area contributed by atoms with Gasteiger partial charge in [-0.25, -0.2) is 0 Å². The minimum atomic E-state index is -0.479. The first kappa shape index (κ1) is 17.1. The Kier molecular flexibility index (Phi) is 5.80. The normalized spacial score (nSPS) is 12.5. The first-order chi connectivity index (χ1) is 11.0. The molecule has 2 rings (SSSR count). The van der Waals surface area contributed by atoms with Crippen LogP contribution in [-0.4, -0.2) is 17.6 Å². The Labute approximate surface area is 138 Å². The topological polar surface area (TPSA) is 38.3 Å². The van der Waals surface area contributed by atoms with Gasteiger partial charge in [0.15, 0.2) is 6.10 Å². The zero-order chi connectivity index (χ0) is 16.7. The Morgan fingerprint density at radius 1 is 1.04 bits per heavy atom. The summed E-state index contributed by atoms with van der Waals surface area (Å²) >= 11 is 0. The van der Waals surface area contributed by atoms with Crippen molar-refractivity contribution in [1.82, 2.24) is 5.32 Å². The van der Waals surface area contributed by atoms with E-state index in [9.17, 15) is 4.79 Å². The third-order valence-electron chi connectivity index (χ3n) is 3.64. The number of hydrogen-bond acceptors (Lipinski definition) is 2. The largest absolute Gasteiger partial charge is 0.481 e. The summed E-state index contributed by atoms with van der Waals surface area (Å²) in [6.07, 6.45) is 0.927. The zero-order valence-electron chi connectivity index (χ0n) is 14.1. The van der Waals surface area contributed by atoms with Gasteiger partial charge in [-0.05, 0) is 44.4 Å². The molecule has 0 fully saturated rings. The second-order valence-electron chi connectivity index (χ2n) is 6.36. The summed E-state index contributed by atoms with van der Waals surface area (Å²) in [5.41, 5.74) is 0.876. The summed E-state index contributed by atoms with van der Waals surface area (Å²) in [4.78, 5) is 12.5. The lowest BCUT2D eigenvalue weighted by molar-refractivity contribution is -0.129. The number of ether oxygens (including phenoxy) is 1. The van der Waals surface area contributed by atoms with Gasteiger partial charge in [-0.1, -0.05) is 55.5 Å². The summed E-state index contributed by atoms with van der Waals surface area (Å²) in [7, 11) is 0. The highest BCUT2D eigenvalue weighted by atomic mass is 16.5. The molecule has 2 aromatic rings. The Morgan fingerprint density at radius 2 is 1.61 bits per heavy atom. The molecule has 2 aromatic carbocycles. The number of benzene rings is 2. The van der Waals surface area contributed by atoms with Gasteiger partial charge in [0.05, 0.1) is 0 Å². The van der Waals surface area contributed by atoms with Crippen molar-refractivity contribution in [1.29, 1.82) is 0 Å². The van der Waals surface area contributed by atoms with Crippen molar-refractivity contribution >= 4 is 5.91 Å². The van der Waals surface area contributed by atoms with Crippen LogP contribution in [-0.2, 0) is 11.2 Å². The van der Waals surface area contributed by atoms with Crippen LogP contribution in [0, 0.1) is 0 Å². The van der Waals surface area contributed by atoms with Gasteiger partial charge in [0.2, 0.25) is 0 Å². The molecule has 1 atom stereocenters. The highest BCUT2D eigenvalue weighted by Gasteiger charge is 2.26. The van der Waals surface area contributed by atoms with Crippen LogP contribution in [0.4, 0.5) is 0 Å². The third kappa shape index (κ3) is 5.44. The van der Waals surface area contributed by atoms with Crippen molar-refractivity contribution in [2.75, 3.05) is 0 Å². The van der Waals surface area contributed by atoms with Gasteiger partial charge in [-0.15, -0.1) is 0 Å². The molecule has 0 saturated heterocycles. The summed E-state index contributed by atoms with van der Waals surface area (Å²) in [5, 5.41) is 3.11. The number of carbonyl (C=O) groups excluding carboxylic acids is 1. The van der Waals surface area contributed by atoms with Gasteiger partial charge in [-0.3, -0.25) is 4.79 Å². The molecule has 0 radical (unpaired) electrons. The lowest BCUT2D eigenvalue weighted by Gasteiger charge is -2.29. The average Bonchev–Trinajstić information content (AvgIpc) is 2.53. The van der Waals surface area contributed by atoms with Gasteiger partial charge in [0.25, 0.3) is 5.91 Å². The van der Waals surface area contributed by atoms with E-state index in [-0.39, 0.29) is 11.4 Å². The molecule has 0 saturated carbocycles. The van der Waals surface area contributed by atoms with Crippen molar-refractivity contribution in [3.05, 3.63) is 66.2 Å². The first-order valence-electron chi connectivity index (χ1n) is 8.08. The fourth-order valence-corrected chi connectivity index (χ4v) is 2.55. The maximum absolute atomic E-state index is 12.5. The molecule has 0 aliphatic rings. The van der Waals surface area contributed by atoms with Gasteiger partial charge in [0, 0.05) is 5.54 Å². The predicted octanol–water partition coefficient (Wildman–Crippen LogP) is 3.98. The van der Waals surface area contributed by atoms with E-state index in [4.69, 9.17) is 4.74 Å². The van der Waals surface area contributed by atoms with Crippen LogP contribution in [0.3, 0.4) is 0 Å². The zero-order valence-corrected chi connectivity index (χ0v) is 14.1. The average molecular weight is 311 g/mol. The summed E-state index contributed by atoms with van der Waals surface area (Å²) in [5.74, 6) is 0.646. The molecule has 1 N–H and O–H groups in total. The van der Waals surface area contributed by atoms with Crippen LogP contribution in [0.1, 0.15) is 32.8 Å². The molecule has 0 aromatic heterocycles. The molecule has 0 aliphatic heterocycles. The van der Waals surface area contributed by atoms with Crippen LogP contribution in [0.25, 0.3) is 0 Å². The quantitative estimate of drug-likeness (QED) is 0.840. The van der Waals surface area contributed by atoms with Crippen molar-refractivity contribution in [3.63, 3.8) is 0 Å². The molecular formula is C20H25NO2. The van der Waals surface area contributed by atoms with E-state index in [2.05, 4.69) is 17.4 Å².